The molecule has 0 saturated heterocycles. The fourth-order valence-electron chi connectivity index (χ4n) is 4.24. The van der Waals surface area contributed by atoms with Crippen molar-refractivity contribution in [3.05, 3.63) is 101 Å². The van der Waals surface area contributed by atoms with Crippen LogP contribution in [0.4, 0.5) is 0 Å². The lowest BCUT2D eigenvalue weighted by Gasteiger charge is -2.28. The highest BCUT2D eigenvalue weighted by atomic mass is 35.5. The summed E-state index contributed by atoms with van der Waals surface area (Å²) in [6.07, 6.45) is 3.34. The maximum absolute atomic E-state index is 13.4. The molecule has 0 spiro atoms. The van der Waals surface area contributed by atoms with Crippen LogP contribution in [0, 0.1) is 0 Å². The fraction of sp³-hybridized carbons (Fsp3) is 0.269. The molecule has 1 aliphatic rings. The molecule has 3 aromatic rings. The van der Waals surface area contributed by atoms with Gasteiger partial charge in [0.25, 0.3) is 0 Å². The van der Waals surface area contributed by atoms with Gasteiger partial charge < -0.3 is 5.32 Å². The monoisotopic (exact) mass is 482 g/mol. The van der Waals surface area contributed by atoms with Gasteiger partial charge in [-0.2, -0.15) is 4.31 Å². The molecule has 3 aromatic carbocycles. The number of amides is 1. The van der Waals surface area contributed by atoms with Crippen LogP contribution in [0.15, 0.2) is 83.8 Å². The van der Waals surface area contributed by atoms with Crippen LogP contribution in [0.2, 0.25) is 5.02 Å². The summed E-state index contributed by atoms with van der Waals surface area (Å²) in [5, 5.41) is 3.53. The molecule has 172 valence electrons. The summed E-state index contributed by atoms with van der Waals surface area (Å²) in [5.41, 5.74) is 3.37. The third-order valence-electron chi connectivity index (χ3n) is 5.97. The average molecular weight is 483 g/mol. The molecule has 0 aromatic heterocycles. The van der Waals surface area contributed by atoms with E-state index in [2.05, 4.69) is 11.4 Å². The van der Waals surface area contributed by atoms with Crippen molar-refractivity contribution in [1.82, 2.24) is 9.62 Å². The van der Waals surface area contributed by atoms with Crippen LogP contribution in [0.25, 0.3) is 0 Å². The van der Waals surface area contributed by atoms with Gasteiger partial charge in [0.1, 0.15) is 0 Å². The summed E-state index contributed by atoms with van der Waals surface area (Å²) in [5.74, 6) is -0.303. The first-order chi connectivity index (χ1) is 15.9. The Morgan fingerprint density at radius 3 is 2.42 bits per heavy atom. The summed E-state index contributed by atoms with van der Waals surface area (Å²) in [7, 11) is -3.87. The SMILES string of the molecule is O=C(CN(CCc1ccccc1)S(=O)(=O)c1ccc(Cl)cc1)N[C@@H]1CCCc2ccccc21. The number of rotatable bonds is 8. The zero-order chi connectivity index (χ0) is 23.3. The largest absolute Gasteiger partial charge is 0.348 e. The van der Waals surface area contributed by atoms with Crippen LogP contribution in [-0.2, 0) is 27.7 Å². The molecule has 0 fully saturated rings. The van der Waals surface area contributed by atoms with Crippen LogP contribution >= 0.6 is 11.6 Å². The van der Waals surface area contributed by atoms with E-state index in [0.717, 1.165) is 30.4 Å². The van der Waals surface area contributed by atoms with Gasteiger partial charge in [-0.25, -0.2) is 8.42 Å². The number of fused-ring (bicyclic) bond motifs is 1. The lowest BCUT2D eigenvalue weighted by Crippen LogP contribution is -2.43. The quantitative estimate of drug-likeness (QED) is 0.503. The van der Waals surface area contributed by atoms with Gasteiger partial charge >= 0.3 is 0 Å². The highest BCUT2D eigenvalue weighted by molar-refractivity contribution is 7.89. The van der Waals surface area contributed by atoms with E-state index in [4.69, 9.17) is 11.6 Å². The minimum absolute atomic E-state index is 0.100. The molecule has 1 amide bonds. The molecule has 0 heterocycles. The average Bonchev–Trinajstić information content (AvgIpc) is 2.83. The van der Waals surface area contributed by atoms with E-state index in [1.54, 1.807) is 12.1 Å². The second kappa shape index (κ2) is 10.5. The van der Waals surface area contributed by atoms with Gasteiger partial charge in [0.15, 0.2) is 0 Å². The van der Waals surface area contributed by atoms with Gasteiger partial charge in [0.2, 0.25) is 15.9 Å². The number of hydrogen-bond acceptors (Lipinski definition) is 3. The molecule has 0 unspecified atom stereocenters. The van der Waals surface area contributed by atoms with E-state index in [1.807, 2.05) is 48.5 Å². The van der Waals surface area contributed by atoms with Crippen molar-refractivity contribution < 1.29 is 13.2 Å². The van der Waals surface area contributed by atoms with Gasteiger partial charge in [-0.05, 0) is 66.6 Å². The Morgan fingerprint density at radius 2 is 1.67 bits per heavy atom. The lowest BCUT2D eigenvalue weighted by molar-refractivity contribution is -0.122. The molecule has 1 N–H and O–H groups in total. The normalized spacial score (nSPS) is 15.8. The van der Waals surface area contributed by atoms with Crippen LogP contribution in [0.1, 0.15) is 35.6 Å². The van der Waals surface area contributed by atoms with E-state index in [9.17, 15) is 13.2 Å². The Hall–Kier alpha value is -2.67. The molecule has 1 aliphatic carbocycles. The Labute approximate surface area is 200 Å². The Balaban J connectivity index is 1.53. The molecule has 33 heavy (non-hydrogen) atoms. The lowest BCUT2D eigenvalue weighted by atomic mass is 9.88. The van der Waals surface area contributed by atoms with Crippen molar-refractivity contribution in [3.63, 3.8) is 0 Å². The van der Waals surface area contributed by atoms with E-state index >= 15 is 0 Å². The highest BCUT2D eigenvalue weighted by Gasteiger charge is 2.28. The second-order valence-electron chi connectivity index (χ2n) is 8.24. The maximum atomic E-state index is 13.4. The van der Waals surface area contributed by atoms with Crippen LogP contribution in [0.3, 0.4) is 0 Å². The topological polar surface area (TPSA) is 66.5 Å². The summed E-state index contributed by atoms with van der Waals surface area (Å²) in [6.45, 7) is -0.0416. The van der Waals surface area contributed by atoms with Crippen LogP contribution in [-0.4, -0.2) is 31.7 Å². The predicted octanol–water partition coefficient (Wildman–Crippen LogP) is 4.77. The van der Waals surface area contributed by atoms with Crippen molar-refractivity contribution in [2.24, 2.45) is 0 Å². The van der Waals surface area contributed by atoms with Gasteiger partial charge in [0, 0.05) is 11.6 Å². The highest BCUT2D eigenvalue weighted by Crippen LogP contribution is 2.29. The summed E-state index contributed by atoms with van der Waals surface area (Å²) in [6, 6.07) is 23.7. The van der Waals surface area contributed by atoms with Gasteiger partial charge in [0.05, 0.1) is 17.5 Å². The number of nitrogens with one attached hydrogen (secondary N) is 1. The van der Waals surface area contributed by atoms with Crippen molar-refractivity contribution in [3.8, 4) is 0 Å². The van der Waals surface area contributed by atoms with Crippen LogP contribution in [0.5, 0.6) is 0 Å². The number of carbonyl (C=O) groups is 1. The van der Waals surface area contributed by atoms with E-state index in [1.165, 1.54) is 22.0 Å². The molecule has 5 nitrogen and oxygen atoms in total. The predicted molar refractivity (Wildman–Crippen MR) is 131 cm³/mol. The Bertz CT molecular complexity index is 1200. The number of aryl methyl sites for hydroxylation is 1. The number of carbonyl (C=O) groups excluding carboxylic acids is 1. The summed E-state index contributed by atoms with van der Waals surface area (Å²) in [4.78, 5) is 13.2. The molecule has 0 radical (unpaired) electrons. The minimum atomic E-state index is -3.87. The van der Waals surface area contributed by atoms with Gasteiger partial charge in [-0.15, -0.1) is 0 Å². The Kier molecular flexibility index (Phi) is 7.48. The van der Waals surface area contributed by atoms with Gasteiger partial charge in [-0.3, -0.25) is 4.79 Å². The number of sulfonamides is 1. The van der Waals surface area contributed by atoms with Gasteiger partial charge in [-0.1, -0.05) is 66.2 Å². The molecule has 1 atom stereocenters. The summed E-state index contributed by atoms with van der Waals surface area (Å²) < 4.78 is 28.0. The number of hydrogen-bond donors (Lipinski definition) is 1. The number of nitrogens with zero attached hydrogens (tertiary/aromatic N) is 1. The second-order valence-corrected chi connectivity index (χ2v) is 10.6. The third kappa shape index (κ3) is 5.82. The molecule has 7 heteroatoms. The standard InChI is InChI=1S/C26H27ClN2O3S/c27-22-13-15-23(16-14-22)33(31,32)29(18-17-20-7-2-1-3-8-20)19-26(30)28-25-12-6-10-21-9-4-5-11-24(21)25/h1-5,7-9,11,13-16,25H,6,10,12,17-19H2,(H,28,30)/t25-/m1/s1. The van der Waals surface area contributed by atoms with Crippen molar-refractivity contribution in [2.75, 3.05) is 13.1 Å². The first-order valence-electron chi connectivity index (χ1n) is 11.1. The molecule has 4 rings (SSSR count). The fourth-order valence-corrected chi connectivity index (χ4v) is 5.77. The molecule has 0 saturated carbocycles. The zero-order valence-electron chi connectivity index (χ0n) is 18.3. The van der Waals surface area contributed by atoms with E-state index in [-0.39, 0.29) is 29.9 Å². The smallest absolute Gasteiger partial charge is 0.243 e. The third-order valence-corrected chi connectivity index (χ3v) is 8.08. The zero-order valence-corrected chi connectivity index (χ0v) is 19.9. The molecular formula is C26H27ClN2O3S. The van der Waals surface area contributed by atoms with Crippen molar-refractivity contribution in [1.29, 1.82) is 0 Å². The van der Waals surface area contributed by atoms with Crippen LogP contribution < -0.4 is 5.32 Å². The minimum Gasteiger partial charge on any atom is -0.348 e. The first kappa shape index (κ1) is 23.5. The Morgan fingerprint density at radius 1 is 0.970 bits per heavy atom. The van der Waals surface area contributed by atoms with Crippen molar-refractivity contribution >= 4 is 27.5 Å². The first-order valence-corrected chi connectivity index (χ1v) is 12.9. The van der Waals surface area contributed by atoms with E-state index in [0.29, 0.717) is 11.4 Å². The number of benzene rings is 3. The number of halogens is 1. The van der Waals surface area contributed by atoms with Crippen molar-refractivity contribution in [2.45, 2.75) is 36.6 Å². The maximum Gasteiger partial charge on any atom is 0.243 e. The van der Waals surface area contributed by atoms with E-state index < -0.39 is 10.0 Å². The summed E-state index contributed by atoms with van der Waals surface area (Å²) >= 11 is 5.94. The molecule has 0 bridgehead atoms. The molecule has 0 aliphatic heterocycles. The molecular weight excluding hydrogens is 456 g/mol.